The van der Waals surface area contributed by atoms with Gasteiger partial charge in [0, 0.05) is 13.1 Å². The van der Waals surface area contributed by atoms with E-state index < -0.39 is 0 Å². The van der Waals surface area contributed by atoms with Crippen LogP contribution in [0.3, 0.4) is 0 Å². The second-order valence-corrected chi connectivity index (χ2v) is 6.35. The minimum atomic E-state index is 0.0171. The van der Waals surface area contributed by atoms with Gasteiger partial charge in [-0.2, -0.15) is 0 Å². The minimum absolute atomic E-state index is 0.0171. The second-order valence-electron chi connectivity index (χ2n) is 5.40. The zero-order valence-electron chi connectivity index (χ0n) is 12.4. The predicted molar refractivity (Wildman–Crippen MR) is 84.7 cm³/mol. The lowest BCUT2D eigenvalue weighted by Crippen LogP contribution is -2.28. The Labute approximate surface area is 127 Å². The average molecular weight is 302 g/mol. The zero-order chi connectivity index (χ0) is 15.0. The summed E-state index contributed by atoms with van der Waals surface area (Å²) in [5.41, 5.74) is 1.87. The Morgan fingerprint density at radius 1 is 1.43 bits per heavy atom. The van der Waals surface area contributed by atoms with Gasteiger partial charge in [-0.25, -0.2) is 0 Å². The number of hydrogen-bond acceptors (Lipinski definition) is 3. The molecule has 5 heteroatoms. The summed E-state index contributed by atoms with van der Waals surface area (Å²) < 4.78 is 8.57. The molecule has 0 unspecified atom stereocenters. The maximum Gasteiger partial charge on any atom is 0.270 e. The Morgan fingerprint density at radius 2 is 2.24 bits per heavy atom. The first kappa shape index (κ1) is 13.9. The topological polar surface area (TPSA) is 38.4 Å². The van der Waals surface area contributed by atoms with Crippen molar-refractivity contribution in [1.29, 1.82) is 0 Å². The van der Waals surface area contributed by atoms with Crippen molar-refractivity contribution in [1.82, 2.24) is 9.47 Å². The van der Waals surface area contributed by atoms with E-state index in [1.807, 2.05) is 18.2 Å². The Kier molecular flexibility index (Phi) is 3.59. The normalized spacial score (nSPS) is 11.4. The molecule has 0 saturated carbocycles. The number of nitrogens with zero attached hydrogens (tertiary/aromatic N) is 2. The van der Waals surface area contributed by atoms with Crippen LogP contribution in [-0.2, 0) is 6.54 Å². The second kappa shape index (κ2) is 5.41. The molecule has 0 aliphatic heterocycles. The third-order valence-corrected chi connectivity index (χ3v) is 4.37. The highest BCUT2D eigenvalue weighted by molar-refractivity contribution is 7.17. The maximum absolute atomic E-state index is 12.7. The number of furan rings is 1. The summed E-state index contributed by atoms with van der Waals surface area (Å²) >= 11 is 1.66. The first-order valence-electron chi connectivity index (χ1n) is 6.94. The van der Waals surface area contributed by atoms with E-state index in [0.717, 1.165) is 21.7 Å². The SMILES string of the molecule is CC(C)n1c(C(=O)N(C)Cc2ccco2)cc2sccc21. The number of fused-ring (bicyclic) bond motifs is 1. The summed E-state index contributed by atoms with van der Waals surface area (Å²) in [6.07, 6.45) is 1.63. The third kappa shape index (κ3) is 2.49. The lowest BCUT2D eigenvalue weighted by Gasteiger charge is -2.19. The molecule has 0 aliphatic rings. The van der Waals surface area contributed by atoms with Gasteiger partial charge in [-0.1, -0.05) is 0 Å². The predicted octanol–water partition coefficient (Wildman–Crippen LogP) is 4.15. The molecule has 0 fully saturated rings. The summed E-state index contributed by atoms with van der Waals surface area (Å²) in [6, 6.07) is 8.02. The number of thiophene rings is 1. The van der Waals surface area contributed by atoms with Crippen molar-refractivity contribution in [3.63, 3.8) is 0 Å². The van der Waals surface area contributed by atoms with Crippen LogP contribution in [0.15, 0.2) is 40.3 Å². The molecular weight excluding hydrogens is 284 g/mol. The first-order valence-corrected chi connectivity index (χ1v) is 7.82. The van der Waals surface area contributed by atoms with Gasteiger partial charge < -0.3 is 13.9 Å². The largest absolute Gasteiger partial charge is 0.467 e. The molecule has 0 aliphatic carbocycles. The van der Waals surface area contributed by atoms with E-state index in [0.29, 0.717) is 6.54 Å². The standard InChI is InChI=1S/C16H18N2O2S/c1-11(2)18-13-6-8-21-15(13)9-14(18)16(19)17(3)10-12-5-4-7-20-12/h4-9,11H,10H2,1-3H3. The average Bonchev–Trinajstić information content (AvgIpc) is 3.12. The van der Waals surface area contributed by atoms with Crippen molar-refractivity contribution in [2.24, 2.45) is 0 Å². The van der Waals surface area contributed by atoms with Crippen LogP contribution in [0, 0.1) is 0 Å². The molecule has 0 N–H and O–H groups in total. The highest BCUT2D eigenvalue weighted by atomic mass is 32.1. The van der Waals surface area contributed by atoms with Gasteiger partial charge in [-0.05, 0) is 43.5 Å². The molecule has 21 heavy (non-hydrogen) atoms. The third-order valence-electron chi connectivity index (χ3n) is 3.52. The molecule has 3 aromatic heterocycles. The van der Waals surface area contributed by atoms with E-state index in [1.165, 1.54) is 0 Å². The van der Waals surface area contributed by atoms with Gasteiger partial charge in [-0.3, -0.25) is 4.79 Å². The molecule has 0 radical (unpaired) electrons. The fourth-order valence-corrected chi connectivity index (χ4v) is 3.38. The van der Waals surface area contributed by atoms with Crippen molar-refractivity contribution in [2.75, 3.05) is 7.05 Å². The molecule has 0 aromatic carbocycles. The number of rotatable bonds is 4. The number of carbonyl (C=O) groups is 1. The van der Waals surface area contributed by atoms with Crippen LogP contribution in [0.4, 0.5) is 0 Å². The summed E-state index contributed by atoms with van der Waals surface area (Å²) in [6.45, 7) is 4.67. The Hall–Kier alpha value is -2.01. The van der Waals surface area contributed by atoms with Crippen LogP contribution in [0.2, 0.25) is 0 Å². The van der Waals surface area contributed by atoms with Crippen molar-refractivity contribution in [3.05, 3.63) is 47.4 Å². The van der Waals surface area contributed by atoms with Gasteiger partial charge in [0.05, 0.1) is 23.0 Å². The van der Waals surface area contributed by atoms with E-state index >= 15 is 0 Å². The van der Waals surface area contributed by atoms with Crippen molar-refractivity contribution >= 4 is 27.5 Å². The molecule has 3 aromatic rings. The lowest BCUT2D eigenvalue weighted by molar-refractivity contribution is 0.0763. The van der Waals surface area contributed by atoms with Gasteiger partial charge in [0.25, 0.3) is 5.91 Å². The fraction of sp³-hybridized carbons (Fsp3) is 0.312. The van der Waals surface area contributed by atoms with E-state index in [1.54, 1.807) is 29.5 Å². The van der Waals surface area contributed by atoms with Gasteiger partial charge in [0.1, 0.15) is 11.5 Å². The minimum Gasteiger partial charge on any atom is -0.467 e. The van der Waals surface area contributed by atoms with Crippen molar-refractivity contribution in [2.45, 2.75) is 26.4 Å². The van der Waals surface area contributed by atoms with Crippen LogP contribution in [0.5, 0.6) is 0 Å². The van der Waals surface area contributed by atoms with Crippen LogP contribution >= 0.6 is 11.3 Å². The van der Waals surface area contributed by atoms with E-state index in [4.69, 9.17) is 4.42 Å². The highest BCUT2D eigenvalue weighted by Gasteiger charge is 2.21. The molecule has 3 heterocycles. The van der Waals surface area contributed by atoms with Crippen LogP contribution in [-0.4, -0.2) is 22.4 Å². The Bertz CT molecular complexity index is 753. The molecule has 110 valence electrons. The van der Waals surface area contributed by atoms with E-state index in [-0.39, 0.29) is 11.9 Å². The van der Waals surface area contributed by atoms with Crippen LogP contribution in [0.25, 0.3) is 10.2 Å². The Balaban J connectivity index is 1.93. The van der Waals surface area contributed by atoms with Gasteiger partial charge >= 0.3 is 0 Å². The smallest absolute Gasteiger partial charge is 0.270 e. The first-order chi connectivity index (χ1) is 10.1. The molecule has 0 bridgehead atoms. The molecule has 0 spiro atoms. The molecule has 4 nitrogen and oxygen atoms in total. The fourth-order valence-electron chi connectivity index (χ4n) is 2.57. The Morgan fingerprint density at radius 3 is 2.90 bits per heavy atom. The van der Waals surface area contributed by atoms with Gasteiger partial charge in [0.2, 0.25) is 0 Å². The van der Waals surface area contributed by atoms with Gasteiger partial charge in [0.15, 0.2) is 0 Å². The van der Waals surface area contributed by atoms with E-state index in [2.05, 4.69) is 29.9 Å². The number of amides is 1. The number of aromatic nitrogens is 1. The van der Waals surface area contributed by atoms with Crippen molar-refractivity contribution in [3.8, 4) is 0 Å². The van der Waals surface area contributed by atoms with E-state index in [9.17, 15) is 4.79 Å². The zero-order valence-corrected chi connectivity index (χ0v) is 13.2. The number of hydrogen-bond donors (Lipinski definition) is 0. The molecule has 1 amide bonds. The molecular formula is C16H18N2O2S. The molecule has 0 atom stereocenters. The summed E-state index contributed by atoms with van der Waals surface area (Å²) in [4.78, 5) is 14.4. The van der Waals surface area contributed by atoms with Crippen molar-refractivity contribution < 1.29 is 9.21 Å². The quantitative estimate of drug-likeness (QED) is 0.726. The molecule has 0 saturated heterocycles. The summed E-state index contributed by atoms with van der Waals surface area (Å²) in [7, 11) is 1.80. The highest BCUT2D eigenvalue weighted by Crippen LogP contribution is 2.29. The number of carbonyl (C=O) groups excluding carboxylic acids is 1. The lowest BCUT2D eigenvalue weighted by atomic mass is 10.3. The summed E-state index contributed by atoms with van der Waals surface area (Å²) in [5.74, 6) is 0.804. The maximum atomic E-state index is 12.7. The van der Waals surface area contributed by atoms with Crippen LogP contribution < -0.4 is 0 Å². The summed E-state index contributed by atoms with van der Waals surface area (Å²) in [5, 5.41) is 2.06. The van der Waals surface area contributed by atoms with Crippen LogP contribution in [0.1, 0.15) is 36.1 Å². The van der Waals surface area contributed by atoms with Gasteiger partial charge in [-0.15, -0.1) is 11.3 Å². The monoisotopic (exact) mass is 302 g/mol. The molecule has 3 rings (SSSR count).